The lowest BCUT2D eigenvalue weighted by Gasteiger charge is -2.01. The largest absolute Gasteiger partial charge is 0.262 e. The molecule has 1 rings (SSSR count). The van der Waals surface area contributed by atoms with Crippen LogP contribution in [0.15, 0.2) is 21.5 Å². The highest BCUT2D eigenvalue weighted by molar-refractivity contribution is 9.10. The van der Waals surface area contributed by atoms with Crippen molar-refractivity contribution in [3.63, 3.8) is 0 Å². The van der Waals surface area contributed by atoms with E-state index in [0.717, 1.165) is 6.07 Å². The predicted octanol–water partition coefficient (Wildman–Crippen LogP) is 2.90. The van der Waals surface area contributed by atoms with Crippen molar-refractivity contribution in [1.29, 1.82) is 5.26 Å². The number of hydrogen-bond acceptors (Lipinski definition) is 3. The van der Waals surface area contributed by atoms with Crippen LogP contribution in [0.1, 0.15) is 5.56 Å². The third-order valence-electron chi connectivity index (χ3n) is 1.41. The summed E-state index contributed by atoms with van der Waals surface area (Å²) in [4.78, 5) is -0.283. The highest BCUT2D eigenvalue weighted by Crippen LogP contribution is 2.30. The van der Waals surface area contributed by atoms with Crippen LogP contribution in [0.3, 0.4) is 0 Å². The smallest absolute Gasteiger partial charge is 0.207 e. The zero-order valence-electron chi connectivity index (χ0n) is 6.46. The van der Waals surface area contributed by atoms with Gasteiger partial charge in [-0.1, -0.05) is 11.6 Å². The molecule has 1 aromatic carbocycles. The SMILES string of the molecule is N#Cc1cc(Br)c(Cl)cc1S(=O)(=O)Cl. The molecule has 74 valence electrons. The second-order valence-corrected chi connectivity index (χ2v) is 6.11. The minimum atomic E-state index is -3.94. The topological polar surface area (TPSA) is 57.9 Å². The molecule has 0 atom stereocenters. The van der Waals surface area contributed by atoms with Crippen molar-refractivity contribution in [3.8, 4) is 6.07 Å². The lowest BCUT2D eigenvalue weighted by molar-refractivity contribution is 0.609. The summed E-state index contributed by atoms with van der Waals surface area (Å²) in [6, 6.07) is 4.15. The normalized spacial score (nSPS) is 11.0. The maximum atomic E-state index is 11.0. The van der Waals surface area contributed by atoms with E-state index in [1.165, 1.54) is 6.07 Å². The van der Waals surface area contributed by atoms with Gasteiger partial charge < -0.3 is 0 Å². The van der Waals surface area contributed by atoms with E-state index in [1.807, 2.05) is 0 Å². The minimum Gasteiger partial charge on any atom is -0.207 e. The number of hydrogen-bond donors (Lipinski definition) is 0. The monoisotopic (exact) mass is 313 g/mol. The first kappa shape index (κ1) is 11.8. The average Bonchev–Trinajstić information content (AvgIpc) is 2.07. The van der Waals surface area contributed by atoms with Crippen molar-refractivity contribution >= 4 is 47.3 Å². The number of benzene rings is 1. The zero-order chi connectivity index (χ0) is 10.9. The summed E-state index contributed by atoms with van der Waals surface area (Å²) in [6.45, 7) is 0. The van der Waals surface area contributed by atoms with Crippen LogP contribution >= 0.6 is 38.2 Å². The molecule has 1 aromatic rings. The summed E-state index contributed by atoms with van der Waals surface area (Å²) in [6.07, 6.45) is 0. The molecule has 0 radical (unpaired) electrons. The van der Waals surface area contributed by atoms with Crippen LogP contribution in [0.2, 0.25) is 5.02 Å². The number of nitrogens with zero attached hydrogens (tertiary/aromatic N) is 1. The molecule has 0 heterocycles. The fourth-order valence-electron chi connectivity index (χ4n) is 0.818. The van der Waals surface area contributed by atoms with Crippen molar-refractivity contribution in [3.05, 3.63) is 27.2 Å². The van der Waals surface area contributed by atoms with Crippen LogP contribution < -0.4 is 0 Å². The molecular weight excluding hydrogens is 313 g/mol. The van der Waals surface area contributed by atoms with E-state index in [-0.39, 0.29) is 15.5 Å². The molecule has 14 heavy (non-hydrogen) atoms. The molecule has 0 fully saturated rings. The summed E-state index contributed by atoms with van der Waals surface area (Å²) in [5, 5.41) is 8.84. The van der Waals surface area contributed by atoms with Gasteiger partial charge in [0, 0.05) is 15.2 Å². The van der Waals surface area contributed by atoms with Gasteiger partial charge in [-0.05, 0) is 28.1 Å². The van der Waals surface area contributed by atoms with Crippen molar-refractivity contribution < 1.29 is 8.42 Å². The first-order valence-electron chi connectivity index (χ1n) is 3.20. The van der Waals surface area contributed by atoms with Gasteiger partial charge in [-0.3, -0.25) is 0 Å². The molecular formula is C7H2BrCl2NO2S. The number of rotatable bonds is 1. The zero-order valence-corrected chi connectivity index (χ0v) is 10.4. The maximum Gasteiger partial charge on any atom is 0.262 e. The molecule has 3 nitrogen and oxygen atoms in total. The number of nitriles is 1. The molecule has 0 bridgehead atoms. The molecule has 0 spiro atoms. The van der Waals surface area contributed by atoms with Crippen LogP contribution in [0, 0.1) is 11.3 Å². The van der Waals surface area contributed by atoms with Crippen molar-refractivity contribution in [2.45, 2.75) is 4.90 Å². The Labute approximate surface area is 98.8 Å². The Kier molecular flexibility index (Phi) is 3.43. The molecule has 0 aliphatic carbocycles. The highest BCUT2D eigenvalue weighted by Gasteiger charge is 2.17. The third-order valence-corrected chi connectivity index (χ3v) is 3.96. The third kappa shape index (κ3) is 2.39. The van der Waals surface area contributed by atoms with Gasteiger partial charge in [0.2, 0.25) is 0 Å². The molecule has 0 aliphatic rings. The Hall–Kier alpha value is -0.280. The van der Waals surface area contributed by atoms with Gasteiger partial charge in [-0.15, -0.1) is 0 Å². The second-order valence-electron chi connectivity index (χ2n) is 2.31. The van der Waals surface area contributed by atoms with Crippen LogP contribution in [0.5, 0.6) is 0 Å². The van der Waals surface area contributed by atoms with Gasteiger partial charge in [-0.2, -0.15) is 5.26 Å². The Balaban J connectivity index is 3.61. The van der Waals surface area contributed by atoms with E-state index in [0.29, 0.717) is 4.47 Å². The summed E-state index contributed by atoms with van der Waals surface area (Å²) in [5.41, 5.74) is -0.0451. The molecule has 0 amide bonds. The van der Waals surface area contributed by atoms with Gasteiger partial charge >= 0.3 is 0 Å². The van der Waals surface area contributed by atoms with Crippen LogP contribution in [0.4, 0.5) is 0 Å². The average molecular weight is 315 g/mol. The fourth-order valence-corrected chi connectivity index (χ4v) is 2.40. The summed E-state index contributed by atoms with van der Waals surface area (Å²) < 4.78 is 22.5. The molecule has 0 saturated heterocycles. The van der Waals surface area contributed by atoms with Crippen LogP contribution in [-0.2, 0) is 9.05 Å². The van der Waals surface area contributed by atoms with E-state index < -0.39 is 9.05 Å². The van der Waals surface area contributed by atoms with Crippen molar-refractivity contribution in [2.75, 3.05) is 0 Å². The Bertz CT molecular complexity index is 521. The van der Waals surface area contributed by atoms with Gasteiger partial charge in [0.25, 0.3) is 9.05 Å². The summed E-state index contributed by atoms with van der Waals surface area (Å²) in [7, 11) is 1.17. The predicted molar refractivity (Wildman–Crippen MR) is 56.9 cm³/mol. The Morgan fingerprint density at radius 3 is 2.43 bits per heavy atom. The lowest BCUT2D eigenvalue weighted by atomic mass is 10.2. The maximum absolute atomic E-state index is 11.0. The van der Waals surface area contributed by atoms with Crippen LogP contribution in [-0.4, -0.2) is 8.42 Å². The summed E-state index contributed by atoms with van der Waals surface area (Å²) >= 11 is 8.74. The van der Waals surface area contributed by atoms with Gasteiger partial charge in [0.15, 0.2) is 0 Å². The molecule has 0 unspecified atom stereocenters. The molecule has 0 saturated carbocycles. The van der Waals surface area contributed by atoms with E-state index in [4.69, 9.17) is 27.5 Å². The standard InChI is InChI=1S/C7H2BrCl2NO2S/c8-5-1-4(3-11)7(2-6(5)9)14(10,12)13/h1-2H. The second kappa shape index (κ2) is 4.07. The number of halogens is 3. The fraction of sp³-hybridized carbons (Fsp3) is 0. The van der Waals surface area contributed by atoms with Crippen molar-refractivity contribution in [1.82, 2.24) is 0 Å². The lowest BCUT2D eigenvalue weighted by Crippen LogP contribution is -1.95. The molecule has 0 aliphatic heterocycles. The van der Waals surface area contributed by atoms with E-state index >= 15 is 0 Å². The summed E-state index contributed by atoms with van der Waals surface area (Å²) in [5.74, 6) is 0. The van der Waals surface area contributed by atoms with E-state index in [9.17, 15) is 8.42 Å². The Morgan fingerprint density at radius 2 is 2.00 bits per heavy atom. The molecule has 0 aromatic heterocycles. The van der Waals surface area contributed by atoms with E-state index in [2.05, 4.69) is 15.9 Å². The van der Waals surface area contributed by atoms with Gasteiger partial charge in [0.1, 0.15) is 11.0 Å². The molecule has 0 N–H and O–H groups in total. The van der Waals surface area contributed by atoms with Crippen molar-refractivity contribution in [2.24, 2.45) is 0 Å². The quantitative estimate of drug-likeness (QED) is 0.749. The molecule has 7 heteroatoms. The van der Waals surface area contributed by atoms with Gasteiger partial charge in [0.05, 0.1) is 10.6 Å². The van der Waals surface area contributed by atoms with Gasteiger partial charge in [-0.25, -0.2) is 8.42 Å². The highest BCUT2D eigenvalue weighted by atomic mass is 79.9. The first-order valence-corrected chi connectivity index (χ1v) is 6.68. The first-order chi connectivity index (χ1) is 6.36. The Morgan fingerprint density at radius 1 is 1.43 bits per heavy atom. The van der Waals surface area contributed by atoms with Crippen LogP contribution in [0.25, 0.3) is 0 Å². The van der Waals surface area contributed by atoms with E-state index in [1.54, 1.807) is 6.07 Å². The minimum absolute atomic E-state index is 0.0451.